The van der Waals surface area contributed by atoms with E-state index in [1.54, 1.807) is 11.3 Å². The van der Waals surface area contributed by atoms with E-state index in [0.29, 0.717) is 11.5 Å². The summed E-state index contributed by atoms with van der Waals surface area (Å²) < 4.78 is 11.5. The number of hydrogen-bond acceptors (Lipinski definition) is 5. The van der Waals surface area contributed by atoms with Gasteiger partial charge in [-0.3, -0.25) is 4.98 Å². The molecule has 2 aromatic heterocycles. The van der Waals surface area contributed by atoms with Crippen LogP contribution in [0.2, 0.25) is 0 Å². The van der Waals surface area contributed by atoms with Gasteiger partial charge in [-0.2, -0.15) is 17.4 Å². The van der Waals surface area contributed by atoms with E-state index in [4.69, 9.17) is 9.72 Å². The smallest absolute Gasteiger partial charge is 0.0774 e. The molecule has 0 saturated carbocycles. The normalized spacial score (nSPS) is 12.5. The summed E-state index contributed by atoms with van der Waals surface area (Å²) in [4.78, 5) is 9.82. The van der Waals surface area contributed by atoms with Gasteiger partial charge in [-0.1, -0.05) is 101 Å². The number of anilines is 4. The zero-order valence-corrected chi connectivity index (χ0v) is 35.6. The third-order valence-corrected chi connectivity index (χ3v) is 12.0. The van der Waals surface area contributed by atoms with Gasteiger partial charge in [0.15, 0.2) is 0 Å². The van der Waals surface area contributed by atoms with Crippen molar-refractivity contribution in [2.45, 2.75) is 41.5 Å². The molecular weight excluding hydrogens is 900 g/mol. The van der Waals surface area contributed by atoms with E-state index in [0.717, 1.165) is 55.3 Å². The number of ether oxygens (including phenoxy) is 1. The number of thiophene rings is 1. The molecule has 10 rings (SSSR count). The maximum absolute atomic E-state index is 6.80. The first-order chi connectivity index (χ1) is 27.2. The zero-order chi connectivity index (χ0) is 38.2. The van der Waals surface area contributed by atoms with Crippen molar-refractivity contribution in [2.24, 2.45) is 0 Å². The van der Waals surface area contributed by atoms with Gasteiger partial charge in [-0.15, -0.1) is 30.6 Å². The van der Waals surface area contributed by atoms with Crippen molar-refractivity contribution in [3.8, 4) is 28.6 Å². The van der Waals surface area contributed by atoms with Crippen molar-refractivity contribution in [1.29, 1.82) is 0 Å². The molecule has 0 spiro atoms. The minimum absolute atomic E-state index is 0. The summed E-state index contributed by atoms with van der Waals surface area (Å²) in [6, 6.07) is 50.0. The van der Waals surface area contributed by atoms with Crippen LogP contribution in [0.1, 0.15) is 33.4 Å². The maximum atomic E-state index is 6.80. The van der Waals surface area contributed by atoms with Crippen molar-refractivity contribution in [1.82, 2.24) is 9.55 Å². The second-order valence-electron chi connectivity index (χ2n) is 15.0. The largest absolute Gasteiger partial charge is 0.503 e. The molecule has 1 aliphatic heterocycles. The molecule has 0 bridgehead atoms. The van der Waals surface area contributed by atoms with Crippen molar-refractivity contribution in [2.75, 3.05) is 9.80 Å². The number of para-hydroxylation sites is 4. The fraction of sp³-hybridized carbons (Fsp3) is 0.120. The standard InChI is InChI=1S/C50H39N4OS.Pt/c1-30-22-32(3)47(33(4)23-30)53-29-52(44-19-10-11-20-45(44)53)36-14-13-15-37(26-36)55-38-27-40-39-16-7-12-21-46(39)56-49(40)41(28-38)50-51-42-17-8-9-18-43(42)54(50)48-34(5)24-31(2)25-35(48)6;/h7-25,27,29H,1-6H3;/q-3;. The summed E-state index contributed by atoms with van der Waals surface area (Å²) >= 11 is 1.77. The van der Waals surface area contributed by atoms with E-state index < -0.39 is 0 Å². The first-order valence-electron chi connectivity index (χ1n) is 19.0. The molecule has 7 heteroatoms. The Morgan fingerprint density at radius 1 is 0.596 bits per heavy atom. The number of hydrogen-bond donors (Lipinski definition) is 0. The Morgan fingerprint density at radius 3 is 1.96 bits per heavy atom. The molecular formula is C50H39N4OPtS-3. The van der Waals surface area contributed by atoms with Crippen molar-refractivity contribution >= 4 is 65.3 Å². The SMILES string of the molecule is Cc1cc(C)c(N2[CH-]N(c3[c-]c(Oc4[c-]c(-c5nc6ccccc6n5-c5c(C)cc(C)cc5C)c5sc6ccccc6c5c4)ccc3)c3ccccc32)c(C)c1.[Pt]. The number of aromatic nitrogens is 2. The Balaban J connectivity index is 0.00000422. The van der Waals surface area contributed by atoms with Gasteiger partial charge in [0.25, 0.3) is 0 Å². The second-order valence-corrected chi connectivity index (χ2v) is 16.0. The van der Waals surface area contributed by atoms with E-state index in [-0.39, 0.29) is 21.1 Å². The number of benzene rings is 7. The van der Waals surface area contributed by atoms with Crippen LogP contribution >= 0.6 is 11.3 Å². The first kappa shape index (κ1) is 36.9. The Labute approximate surface area is 352 Å². The molecule has 284 valence electrons. The van der Waals surface area contributed by atoms with Crippen molar-refractivity contribution in [3.63, 3.8) is 0 Å². The Morgan fingerprint density at radius 2 is 1.23 bits per heavy atom. The molecule has 0 saturated heterocycles. The average Bonchev–Trinajstić information content (AvgIpc) is 3.86. The topological polar surface area (TPSA) is 33.5 Å². The number of aryl methyl sites for hydroxylation is 6. The van der Waals surface area contributed by atoms with Crippen LogP contribution in [0.25, 0.3) is 48.3 Å². The molecule has 0 amide bonds. The van der Waals surface area contributed by atoms with Crippen LogP contribution in [0.15, 0.2) is 121 Å². The zero-order valence-electron chi connectivity index (χ0n) is 32.5. The minimum atomic E-state index is 0. The third-order valence-electron chi connectivity index (χ3n) is 10.8. The van der Waals surface area contributed by atoms with Crippen LogP contribution in [0, 0.1) is 60.3 Å². The number of fused-ring (bicyclic) bond motifs is 5. The summed E-state index contributed by atoms with van der Waals surface area (Å²) in [5, 5.41) is 2.29. The molecule has 5 nitrogen and oxygen atoms in total. The molecule has 7 aromatic carbocycles. The van der Waals surface area contributed by atoms with Crippen LogP contribution in [0.3, 0.4) is 0 Å². The van der Waals surface area contributed by atoms with Gasteiger partial charge >= 0.3 is 0 Å². The van der Waals surface area contributed by atoms with Crippen LogP contribution in [0.5, 0.6) is 11.5 Å². The Bertz CT molecular complexity index is 2990. The molecule has 9 aromatic rings. The second kappa shape index (κ2) is 14.4. The number of nitrogens with zero attached hydrogens (tertiary/aromatic N) is 4. The van der Waals surface area contributed by atoms with Gasteiger partial charge in [-0.25, -0.2) is 0 Å². The number of imidazole rings is 1. The third kappa shape index (κ3) is 6.23. The van der Waals surface area contributed by atoms with Crippen molar-refractivity contribution < 1.29 is 25.8 Å². The fourth-order valence-electron chi connectivity index (χ4n) is 8.69. The van der Waals surface area contributed by atoms with Gasteiger partial charge in [0.2, 0.25) is 0 Å². The first-order valence-corrected chi connectivity index (χ1v) is 19.8. The molecule has 0 atom stereocenters. The van der Waals surface area contributed by atoms with Crippen molar-refractivity contribution in [3.05, 3.63) is 174 Å². The molecule has 0 unspecified atom stereocenters. The van der Waals surface area contributed by atoms with Crippen LogP contribution < -0.4 is 14.5 Å². The van der Waals surface area contributed by atoms with Gasteiger partial charge < -0.3 is 19.1 Å². The molecule has 0 aliphatic carbocycles. The Hall–Kier alpha value is -5.68. The summed E-state index contributed by atoms with van der Waals surface area (Å²) in [6.45, 7) is 15.2. The predicted octanol–water partition coefficient (Wildman–Crippen LogP) is 13.7. The van der Waals surface area contributed by atoms with E-state index >= 15 is 0 Å². The van der Waals surface area contributed by atoms with Gasteiger partial charge in [0.1, 0.15) is 0 Å². The van der Waals surface area contributed by atoms with E-state index in [2.05, 4.69) is 184 Å². The van der Waals surface area contributed by atoms with E-state index in [1.165, 1.54) is 49.2 Å². The number of rotatable bonds is 6. The summed E-state index contributed by atoms with van der Waals surface area (Å²) in [7, 11) is 0. The molecule has 0 N–H and O–H groups in total. The van der Waals surface area contributed by atoms with Gasteiger partial charge in [0, 0.05) is 60.0 Å². The molecule has 3 heterocycles. The average molecular weight is 939 g/mol. The predicted molar refractivity (Wildman–Crippen MR) is 233 cm³/mol. The summed E-state index contributed by atoms with van der Waals surface area (Å²) in [5.41, 5.74) is 15.7. The molecule has 0 radical (unpaired) electrons. The summed E-state index contributed by atoms with van der Waals surface area (Å²) in [5.74, 6) is 2.05. The van der Waals surface area contributed by atoms with Crippen LogP contribution in [-0.2, 0) is 21.1 Å². The van der Waals surface area contributed by atoms with E-state index in [9.17, 15) is 0 Å². The van der Waals surface area contributed by atoms with E-state index in [1.807, 2.05) is 12.1 Å². The summed E-state index contributed by atoms with van der Waals surface area (Å²) in [6.07, 6.45) is 0. The Kier molecular flexibility index (Phi) is 9.30. The van der Waals surface area contributed by atoms with Gasteiger partial charge in [0.05, 0.1) is 16.9 Å². The minimum Gasteiger partial charge on any atom is -0.503 e. The molecule has 1 aliphatic rings. The monoisotopic (exact) mass is 938 g/mol. The molecule has 57 heavy (non-hydrogen) atoms. The van der Waals surface area contributed by atoms with Crippen LogP contribution in [-0.4, -0.2) is 9.55 Å². The van der Waals surface area contributed by atoms with Crippen LogP contribution in [0.4, 0.5) is 22.7 Å². The molecule has 0 fully saturated rings. The maximum Gasteiger partial charge on any atom is 0.0774 e. The van der Waals surface area contributed by atoms with Gasteiger partial charge in [-0.05, 0) is 104 Å². The fourth-order valence-corrected chi connectivity index (χ4v) is 9.87. The quantitative estimate of drug-likeness (QED) is 0.156.